The minimum Gasteiger partial charge on any atom is -0.398 e. The van der Waals surface area contributed by atoms with Crippen LogP contribution in [0.2, 0.25) is 0 Å². The number of benzene rings is 2. The molecular formula is C13H8BrF3N2O. The first kappa shape index (κ1) is 14.4. The van der Waals surface area contributed by atoms with E-state index in [9.17, 15) is 18.0 Å². The van der Waals surface area contributed by atoms with Crippen molar-refractivity contribution in [3.05, 3.63) is 57.8 Å². The van der Waals surface area contributed by atoms with Gasteiger partial charge in [-0.05, 0) is 34.1 Å². The molecule has 0 aromatic heterocycles. The largest absolute Gasteiger partial charge is 0.398 e. The second-order valence-corrected chi connectivity index (χ2v) is 4.79. The number of nitrogens with two attached hydrogens (primary N) is 1. The van der Waals surface area contributed by atoms with Crippen LogP contribution in [0.1, 0.15) is 10.4 Å². The van der Waals surface area contributed by atoms with E-state index in [1.165, 1.54) is 18.2 Å². The van der Waals surface area contributed by atoms with Gasteiger partial charge in [-0.25, -0.2) is 13.2 Å². The number of anilines is 2. The van der Waals surface area contributed by atoms with Gasteiger partial charge in [-0.1, -0.05) is 0 Å². The van der Waals surface area contributed by atoms with E-state index in [0.717, 1.165) is 0 Å². The quantitative estimate of drug-likeness (QED) is 0.644. The van der Waals surface area contributed by atoms with E-state index >= 15 is 0 Å². The van der Waals surface area contributed by atoms with Crippen LogP contribution in [0, 0.1) is 17.5 Å². The van der Waals surface area contributed by atoms with E-state index in [0.29, 0.717) is 22.3 Å². The molecule has 0 fully saturated rings. The molecule has 0 aliphatic heterocycles. The lowest BCUT2D eigenvalue weighted by Gasteiger charge is -2.08. The lowest BCUT2D eigenvalue weighted by Crippen LogP contribution is -2.14. The molecule has 0 aliphatic rings. The van der Waals surface area contributed by atoms with E-state index < -0.39 is 29.0 Å². The number of rotatable bonds is 2. The van der Waals surface area contributed by atoms with Gasteiger partial charge >= 0.3 is 0 Å². The molecule has 7 heteroatoms. The molecule has 2 aromatic rings. The second-order valence-electron chi connectivity index (χ2n) is 3.94. The van der Waals surface area contributed by atoms with Crippen molar-refractivity contribution in [2.24, 2.45) is 0 Å². The molecule has 0 unspecified atom stereocenters. The number of nitrogen functional groups attached to an aromatic ring is 1. The third-order valence-corrected chi connectivity index (χ3v) is 3.19. The summed E-state index contributed by atoms with van der Waals surface area (Å²) in [5.41, 5.74) is 5.58. The molecule has 0 spiro atoms. The highest BCUT2D eigenvalue weighted by molar-refractivity contribution is 9.10. The van der Waals surface area contributed by atoms with Gasteiger partial charge in [-0.2, -0.15) is 0 Å². The molecule has 0 bridgehead atoms. The average molecular weight is 345 g/mol. The number of halogens is 4. The molecule has 3 N–H and O–H groups in total. The second kappa shape index (κ2) is 5.54. The molecule has 0 aliphatic carbocycles. The molecule has 3 nitrogen and oxygen atoms in total. The van der Waals surface area contributed by atoms with E-state index in [1.54, 1.807) is 0 Å². The van der Waals surface area contributed by atoms with Gasteiger partial charge in [0.1, 0.15) is 5.82 Å². The minimum absolute atomic E-state index is 0.162. The van der Waals surface area contributed by atoms with Crippen molar-refractivity contribution in [2.45, 2.75) is 0 Å². The Morgan fingerprint density at radius 1 is 1.15 bits per heavy atom. The van der Waals surface area contributed by atoms with Crippen molar-refractivity contribution < 1.29 is 18.0 Å². The zero-order chi connectivity index (χ0) is 14.9. The van der Waals surface area contributed by atoms with Crippen LogP contribution in [0.4, 0.5) is 24.5 Å². The Labute approximate surface area is 120 Å². The smallest absolute Gasteiger partial charge is 0.255 e. The topological polar surface area (TPSA) is 55.1 Å². The first-order valence-electron chi connectivity index (χ1n) is 5.39. The minimum atomic E-state index is -1.38. The Bertz CT molecular complexity index is 692. The summed E-state index contributed by atoms with van der Waals surface area (Å²) in [6.07, 6.45) is 0. The first-order valence-corrected chi connectivity index (χ1v) is 6.18. The molecule has 0 saturated heterocycles. The maximum Gasteiger partial charge on any atom is 0.255 e. The first-order chi connectivity index (χ1) is 9.38. The van der Waals surface area contributed by atoms with Crippen LogP contribution in [0.15, 0.2) is 34.8 Å². The van der Waals surface area contributed by atoms with Gasteiger partial charge in [0, 0.05) is 27.9 Å². The van der Waals surface area contributed by atoms with Crippen molar-refractivity contribution in [3.63, 3.8) is 0 Å². The van der Waals surface area contributed by atoms with Crippen molar-refractivity contribution in [2.75, 3.05) is 11.1 Å². The summed E-state index contributed by atoms with van der Waals surface area (Å²) in [6.45, 7) is 0. The Balaban J connectivity index is 2.30. The molecule has 0 radical (unpaired) electrons. The van der Waals surface area contributed by atoms with Crippen molar-refractivity contribution >= 4 is 33.2 Å². The fourth-order valence-corrected chi connectivity index (χ4v) is 1.89. The zero-order valence-electron chi connectivity index (χ0n) is 9.88. The average Bonchev–Trinajstić information content (AvgIpc) is 2.38. The SMILES string of the molecule is Nc1ccc(C(=O)Nc2cc(F)cc(F)c2F)cc1Br. The van der Waals surface area contributed by atoms with Gasteiger partial charge in [-0.15, -0.1) is 0 Å². The fraction of sp³-hybridized carbons (Fsp3) is 0. The molecule has 0 atom stereocenters. The normalized spacial score (nSPS) is 10.4. The van der Waals surface area contributed by atoms with Crippen LogP contribution in [-0.2, 0) is 0 Å². The summed E-state index contributed by atoms with van der Waals surface area (Å²) < 4.78 is 39.9. The zero-order valence-corrected chi connectivity index (χ0v) is 11.5. The predicted molar refractivity (Wildman–Crippen MR) is 72.8 cm³/mol. The lowest BCUT2D eigenvalue weighted by atomic mass is 10.2. The Morgan fingerprint density at radius 3 is 2.50 bits per heavy atom. The van der Waals surface area contributed by atoms with Crippen LogP contribution in [0.3, 0.4) is 0 Å². The van der Waals surface area contributed by atoms with Gasteiger partial charge in [-0.3, -0.25) is 4.79 Å². The summed E-state index contributed by atoms with van der Waals surface area (Å²) in [5.74, 6) is -4.40. The molecule has 0 heterocycles. The van der Waals surface area contributed by atoms with Crippen molar-refractivity contribution in [1.82, 2.24) is 0 Å². The summed E-state index contributed by atoms with van der Waals surface area (Å²) >= 11 is 3.14. The molecule has 2 rings (SSSR count). The number of carbonyl (C=O) groups excluding carboxylic acids is 1. The summed E-state index contributed by atoms with van der Waals surface area (Å²) in [6, 6.07) is 5.39. The van der Waals surface area contributed by atoms with Gasteiger partial charge in [0.05, 0.1) is 5.69 Å². The fourth-order valence-electron chi connectivity index (χ4n) is 1.51. The van der Waals surface area contributed by atoms with Gasteiger partial charge in [0.2, 0.25) is 0 Å². The molecule has 104 valence electrons. The number of hydrogen-bond donors (Lipinski definition) is 2. The third kappa shape index (κ3) is 2.93. The van der Waals surface area contributed by atoms with Crippen LogP contribution >= 0.6 is 15.9 Å². The van der Waals surface area contributed by atoms with Gasteiger partial charge < -0.3 is 11.1 Å². The maximum atomic E-state index is 13.4. The van der Waals surface area contributed by atoms with Crippen LogP contribution in [-0.4, -0.2) is 5.91 Å². The standard InChI is InChI=1S/C13H8BrF3N2O/c14-8-3-6(1-2-10(8)18)13(20)19-11-5-7(15)4-9(16)12(11)17/h1-5H,18H2,(H,19,20). The van der Waals surface area contributed by atoms with Crippen LogP contribution in [0.5, 0.6) is 0 Å². The van der Waals surface area contributed by atoms with E-state index in [4.69, 9.17) is 5.73 Å². The molecule has 1 amide bonds. The number of amides is 1. The summed E-state index contributed by atoms with van der Waals surface area (Å²) in [7, 11) is 0. The maximum absolute atomic E-state index is 13.4. The monoisotopic (exact) mass is 344 g/mol. The van der Waals surface area contributed by atoms with E-state index in [-0.39, 0.29) is 5.56 Å². The van der Waals surface area contributed by atoms with Gasteiger partial charge in [0.25, 0.3) is 5.91 Å². The Hall–Kier alpha value is -2.02. The van der Waals surface area contributed by atoms with Crippen molar-refractivity contribution in [3.8, 4) is 0 Å². The highest BCUT2D eigenvalue weighted by Gasteiger charge is 2.15. The molecule has 20 heavy (non-hydrogen) atoms. The molecule has 2 aromatic carbocycles. The number of nitrogens with one attached hydrogen (secondary N) is 1. The lowest BCUT2D eigenvalue weighted by molar-refractivity contribution is 0.102. The predicted octanol–water partition coefficient (Wildman–Crippen LogP) is 3.70. The summed E-state index contributed by atoms with van der Waals surface area (Å²) in [4.78, 5) is 11.9. The van der Waals surface area contributed by atoms with E-state index in [1.807, 2.05) is 0 Å². The van der Waals surface area contributed by atoms with E-state index in [2.05, 4.69) is 21.2 Å². The molecule has 0 saturated carbocycles. The number of carbonyl (C=O) groups is 1. The number of hydrogen-bond acceptors (Lipinski definition) is 2. The Kier molecular flexibility index (Phi) is 3.99. The Morgan fingerprint density at radius 2 is 1.85 bits per heavy atom. The highest BCUT2D eigenvalue weighted by Crippen LogP contribution is 2.23. The van der Waals surface area contributed by atoms with Crippen molar-refractivity contribution in [1.29, 1.82) is 0 Å². The third-order valence-electron chi connectivity index (χ3n) is 2.50. The van der Waals surface area contributed by atoms with Gasteiger partial charge in [0.15, 0.2) is 11.6 Å². The highest BCUT2D eigenvalue weighted by atomic mass is 79.9. The van der Waals surface area contributed by atoms with Crippen LogP contribution < -0.4 is 11.1 Å². The molecular weight excluding hydrogens is 337 g/mol. The van der Waals surface area contributed by atoms with Crippen LogP contribution in [0.25, 0.3) is 0 Å². The summed E-state index contributed by atoms with van der Waals surface area (Å²) in [5, 5.41) is 2.10.